The van der Waals surface area contributed by atoms with E-state index in [-0.39, 0.29) is 17.8 Å². The van der Waals surface area contributed by atoms with E-state index in [9.17, 15) is 18.0 Å². The second-order valence-electron chi connectivity index (χ2n) is 6.47. The molecule has 2 heterocycles. The van der Waals surface area contributed by atoms with Gasteiger partial charge in [0.2, 0.25) is 11.9 Å². The average Bonchev–Trinajstić information content (AvgIpc) is 2.66. The Kier molecular flexibility index (Phi) is 5.48. The summed E-state index contributed by atoms with van der Waals surface area (Å²) in [6, 6.07) is 8.44. The van der Waals surface area contributed by atoms with E-state index in [0.29, 0.717) is 13.1 Å². The van der Waals surface area contributed by atoms with E-state index in [2.05, 4.69) is 20.2 Å². The van der Waals surface area contributed by atoms with Crippen molar-refractivity contribution in [3.8, 4) is 0 Å². The number of anilines is 2. The smallest absolute Gasteiger partial charge is 0.371 e. The monoisotopic (exact) mass is 379 g/mol. The summed E-state index contributed by atoms with van der Waals surface area (Å²) in [5.41, 5.74) is 6.29. The normalized spacial score (nSPS) is 17.6. The Labute approximate surface area is 154 Å². The molecular weight excluding hydrogens is 359 g/mol. The van der Waals surface area contributed by atoms with E-state index in [1.54, 1.807) is 0 Å². The number of hydrogen-bond donors (Lipinski definition) is 2. The van der Waals surface area contributed by atoms with Crippen LogP contribution in [-0.4, -0.2) is 29.0 Å². The van der Waals surface area contributed by atoms with Crippen LogP contribution in [0.4, 0.5) is 24.8 Å². The summed E-state index contributed by atoms with van der Waals surface area (Å²) in [5.74, 6) is -0.492. The van der Waals surface area contributed by atoms with Crippen LogP contribution in [0.15, 0.2) is 36.5 Å². The van der Waals surface area contributed by atoms with Gasteiger partial charge in [-0.3, -0.25) is 4.79 Å². The lowest BCUT2D eigenvalue weighted by Gasteiger charge is -2.33. The fourth-order valence-electron chi connectivity index (χ4n) is 3.05. The van der Waals surface area contributed by atoms with Crippen molar-refractivity contribution in [3.63, 3.8) is 0 Å². The highest BCUT2D eigenvalue weighted by Gasteiger charge is 2.32. The molecule has 1 aromatic heterocycles. The van der Waals surface area contributed by atoms with E-state index in [1.807, 2.05) is 24.3 Å². The lowest BCUT2D eigenvalue weighted by atomic mass is 9.97. The number of piperidine rings is 1. The van der Waals surface area contributed by atoms with E-state index in [0.717, 1.165) is 42.9 Å². The molecule has 3 rings (SSSR count). The Bertz CT molecular complexity index is 794. The van der Waals surface area contributed by atoms with Crippen LogP contribution in [0.2, 0.25) is 0 Å². The molecule has 144 valence electrons. The van der Waals surface area contributed by atoms with Crippen molar-refractivity contribution >= 4 is 17.5 Å². The lowest BCUT2D eigenvalue weighted by Crippen LogP contribution is -2.41. The minimum Gasteiger partial charge on any atom is -0.371 e. The second-order valence-corrected chi connectivity index (χ2v) is 6.47. The van der Waals surface area contributed by atoms with Gasteiger partial charge in [-0.25, -0.2) is 9.97 Å². The fraction of sp³-hybridized carbons (Fsp3) is 0.389. The van der Waals surface area contributed by atoms with E-state index in [1.165, 1.54) is 0 Å². The Balaban J connectivity index is 1.61. The van der Waals surface area contributed by atoms with Gasteiger partial charge in [-0.1, -0.05) is 12.1 Å². The quantitative estimate of drug-likeness (QED) is 0.835. The summed E-state index contributed by atoms with van der Waals surface area (Å²) in [6.45, 7) is 1.76. The molecular formula is C18H20F3N5O. The van der Waals surface area contributed by atoms with Crippen LogP contribution in [0.1, 0.15) is 24.1 Å². The number of aromatic nitrogens is 2. The number of rotatable bonds is 5. The molecule has 1 fully saturated rings. The first-order valence-electron chi connectivity index (χ1n) is 8.60. The first kappa shape index (κ1) is 18.9. The van der Waals surface area contributed by atoms with Crippen LogP contribution in [0, 0.1) is 5.92 Å². The molecule has 1 aromatic carbocycles. The summed E-state index contributed by atoms with van der Waals surface area (Å²) in [4.78, 5) is 20.8. The van der Waals surface area contributed by atoms with Gasteiger partial charge < -0.3 is 16.0 Å². The molecule has 1 saturated heterocycles. The number of hydrogen-bond acceptors (Lipinski definition) is 5. The number of nitrogens with two attached hydrogens (primary N) is 1. The molecule has 0 bridgehead atoms. The minimum absolute atomic E-state index is 0.0748. The van der Waals surface area contributed by atoms with Crippen LogP contribution in [0.25, 0.3) is 0 Å². The summed E-state index contributed by atoms with van der Waals surface area (Å²) in [7, 11) is 0. The summed E-state index contributed by atoms with van der Waals surface area (Å²) in [6.07, 6.45) is -1.71. The maximum Gasteiger partial charge on any atom is 0.433 e. The van der Waals surface area contributed by atoms with Crippen molar-refractivity contribution in [1.82, 2.24) is 9.97 Å². The third-order valence-corrected chi connectivity index (χ3v) is 4.52. The molecule has 1 atom stereocenters. The zero-order chi connectivity index (χ0) is 19.4. The molecule has 1 aliphatic rings. The predicted octanol–water partition coefficient (Wildman–Crippen LogP) is 2.81. The molecule has 0 spiro atoms. The molecule has 6 nitrogen and oxygen atoms in total. The van der Waals surface area contributed by atoms with E-state index >= 15 is 0 Å². The average molecular weight is 379 g/mol. The van der Waals surface area contributed by atoms with E-state index < -0.39 is 11.9 Å². The van der Waals surface area contributed by atoms with Gasteiger partial charge in [-0.2, -0.15) is 13.2 Å². The van der Waals surface area contributed by atoms with Crippen molar-refractivity contribution in [2.24, 2.45) is 11.7 Å². The topological polar surface area (TPSA) is 84.1 Å². The zero-order valence-corrected chi connectivity index (χ0v) is 14.5. The van der Waals surface area contributed by atoms with Gasteiger partial charge in [-0.05, 0) is 36.6 Å². The number of halogens is 3. The van der Waals surface area contributed by atoms with Crippen molar-refractivity contribution < 1.29 is 18.0 Å². The molecule has 0 saturated carbocycles. The second kappa shape index (κ2) is 7.81. The fourth-order valence-corrected chi connectivity index (χ4v) is 3.05. The molecule has 0 aliphatic carbocycles. The molecule has 9 heteroatoms. The first-order chi connectivity index (χ1) is 12.8. The molecule has 0 radical (unpaired) electrons. The van der Waals surface area contributed by atoms with Crippen molar-refractivity contribution in [2.45, 2.75) is 25.6 Å². The highest BCUT2D eigenvalue weighted by atomic mass is 19.4. The number of primary amides is 1. The molecule has 3 N–H and O–H groups in total. The van der Waals surface area contributed by atoms with Crippen LogP contribution in [0.3, 0.4) is 0 Å². The maximum atomic E-state index is 12.7. The Morgan fingerprint density at radius 3 is 2.67 bits per heavy atom. The Morgan fingerprint density at radius 1 is 1.26 bits per heavy atom. The highest BCUT2D eigenvalue weighted by Crippen LogP contribution is 2.27. The number of carbonyl (C=O) groups is 1. The van der Waals surface area contributed by atoms with Gasteiger partial charge in [0.1, 0.15) is 5.69 Å². The molecule has 1 aliphatic heterocycles. The Morgan fingerprint density at radius 2 is 2.00 bits per heavy atom. The van der Waals surface area contributed by atoms with Crippen LogP contribution < -0.4 is 16.0 Å². The van der Waals surface area contributed by atoms with Crippen LogP contribution in [0.5, 0.6) is 0 Å². The van der Waals surface area contributed by atoms with Gasteiger partial charge in [0.15, 0.2) is 0 Å². The standard InChI is InChI=1S/C18H20F3N5O/c19-18(20,21)15-7-8-23-17(25-15)24-10-12-3-5-14(6-4-12)26-9-1-2-13(11-26)16(22)27/h3-8,13H,1-2,9-11H2,(H2,22,27)(H,23,24,25). The highest BCUT2D eigenvalue weighted by molar-refractivity contribution is 5.77. The third kappa shape index (κ3) is 4.87. The number of amides is 1. The van der Waals surface area contributed by atoms with Crippen LogP contribution >= 0.6 is 0 Å². The lowest BCUT2D eigenvalue weighted by molar-refractivity contribution is -0.141. The third-order valence-electron chi connectivity index (χ3n) is 4.52. The van der Waals surface area contributed by atoms with Crippen molar-refractivity contribution in [3.05, 3.63) is 47.8 Å². The number of carbonyl (C=O) groups excluding carboxylic acids is 1. The van der Waals surface area contributed by atoms with Gasteiger partial charge in [0, 0.05) is 31.5 Å². The molecule has 2 aromatic rings. The molecule has 27 heavy (non-hydrogen) atoms. The molecule has 1 amide bonds. The van der Waals surface area contributed by atoms with Gasteiger partial charge in [-0.15, -0.1) is 0 Å². The van der Waals surface area contributed by atoms with Crippen molar-refractivity contribution in [2.75, 3.05) is 23.3 Å². The molecule has 1 unspecified atom stereocenters. The largest absolute Gasteiger partial charge is 0.433 e. The summed E-state index contributed by atoms with van der Waals surface area (Å²) >= 11 is 0. The maximum absolute atomic E-state index is 12.7. The summed E-state index contributed by atoms with van der Waals surface area (Å²) in [5, 5.41) is 2.80. The zero-order valence-electron chi connectivity index (χ0n) is 14.5. The van der Waals surface area contributed by atoms with Gasteiger partial charge in [0.25, 0.3) is 0 Å². The number of nitrogens with one attached hydrogen (secondary N) is 1. The van der Waals surface area contributed by atoms with Crippen molar-refractivity contribution in [1.29, 1.82) is 0 Å². The number of benzene rings is 1. The van der Waals surface area contributed by atoms with Crippen LogP contribution in [-0.2, 0) is 17.5 Å². The Hall–Kier alpha value is -2.84. The van der Waals surface area contributed by atoms with E-state index in [4.69, 9.17) is 5.73 Å². The van der Waals surface area contributed by atoms with Gasteiger partial charge >= 0.3 is 6.18 Å². The summed E-state index contributed by atoms with van der Waals surface area (Å²) < 4.78 is 38.0. The minimum atomic E-state index is -4.50. The number of nitrogens with zero attached hydrogens (tertiary/aromatic N) is 3. The van der Waals surface area contributed by atoms with Gasteiger partial charge in [0.05, 0.1) is 5.92 Å². The predicted molar refractivity (Wildman–Crippen MR) is 94.9 cm³/mol. The number of alkyl halides is 3. The first-order valence-corrected chi connectivity index (χ1v) is 8.60. The SMILES string of the molecule is NC(=O)C1CCCN(c2ccc(CNc3nccc(C(F)(F)F)n3)cc2)C1.